The fourth-order valence-corrected chi connectivity index (χ4v) is 6.35. The number of likely N-dealkylation sites (N-methyl/N-ethyl adjacent to an activating group) is 1. The van der Waals surface area contributed by atoms with Gasteiger partial charge in [-0.2, -0.15) is 0 Å². The number of fused-ring (bicyclic) bond motifs is 2. The third-order valence-electron chi connectivity index (χ3n) is 9.28. The lowest BCUT2D eigenvalue weighted by Crippen LogP contribution is -2.54. The van der Waals surface area contributed by atoms with E-state index >= 15 is 0 Å². The number of carbonyl (C=O) groups is 3. The van der Waals surface area contributed by atoms with Crippen LogP contribution in [0, 0.1) is 16.7 Å². The van der Waals surface area contributed by atoms with Gasteiger partial charge in [0.2, 0.25) is 11.8 Å². The molecular formula is C31H44N2O6. The van der Waals surface area contributed by atoms with Gasteiger partial charge in [0.05, 0.1) is 7.11 Å². The number of ether oxygens (including phenoxy) is 2. The minimum atomic E-state index is -0.880. The summed E-state index contributed by atoms with van der Waals surface area (Å²) in [4.78, 5) is 41.3. The summed E-state index contributed by atoms with van der Waals surface area (Å²) in [6.45, 7) is 14.5. The van der Waals surface area contributed by atoms with Crippen molar-refractivity contribution in [2.75, 3.05) is 13.7 Å². The van der Waals surface area contributed by atoms with Crippen LogP contribution in [0.1, 0.15) is 72.3 Å². The molecule has 3 rings (SSSR count). The monoisotopic (exact) mass is 540 g/mol. The second kappa shape index (κ2) is 12.3. The number of nitrogens with one attached hydrogen (secondary N) is 1. The molecule has 8 heteroatoms. The van der Waals surface area contributed by atoms with Crippen LogP contribution in [0.15, 0.2) is 36.9 Å². The molecule has 1 aromatic rings. The van der Waals surface area contributed by atoms with Gasteiger partial charge >= 0.3 is 5.97 Å². The fourth-order valence-electron chi connectivity index (χ4n) is 6.35. The van der Waals surface area contributed by atoms with E-state index in [1.54, 1.807) is 24.3 Å². The molecular weight excluding hydrogens is 496 g/mol. The molecule has 2 aliphatic rings. The number of hydrogen-bond donors (Lipinski definition) is 2. The lowest BCUT2D eigenvalue weighted by molar-refractivity contribution is -0.166. The van der Waals surface area contributed by atoms with E-state index < -0.39 is 18.0 Å². The van der Waals surface area contributed by atoms with Crippen molar-refractivity contribution < 1.29 is 29.0 Å². The van der Waals surface area contributed by atoms with E-state index in [1.807, 2.05) is 13.8 Å². The Hall–Kier alpha value is -3.29. The Bertz CT molecular complexity index is 1110. The van der Waals surface area contributed by atoms with Crippen molar-refractivity contribution in [3.63, 3.8) is 0 Å². The maximum absolute atomic E-state index is 13.6. The first-order chi connectivity index (χ1) is 18.4. The van der Waals surface area contributed by atoms with Crippen LogP contribution in [-0.2, 0) is 19.1 Å². The zero-order valence-corrected chi connectivity index (χ0v) is 24.2. The third kappa shape index (κ3) is 5.99. The molecule has 2 bridgehead atoms. The molecule has 1 aromatic carbocycles. The third-order valence-corrected chi connectivity index (χ3v) is 9.28. The maximum atomic E-state index is 13.6. The quantitative estimate of drug-likeness (QED) is 0.223. The van der Waals surface area contributed by atoms with Gasteiger partial charge in [-0.3, -0.25) is 9.59 Å². The summed E-state index contributed by atoms with van der Waals surface area (Å²) in [7, 11) is 1.44. The largest absolute Gasteiger partial charge is 0.504 e. The molecule has 2 fully saturated rings. The molecule has 2 amide bonds. The topological polar surface area (TPSA) is 105 Å². The summed E-state index contributed by atoms with van der Waals surface area (Å²) in [6, 6.07) is 3.09. The average Bonchev–Trinajstić information content (AvgIpc) is 3.24. The first kappa shape index (κ1) is 30.3. The van der Waals surface area contributed by atoms with Gasteiger partial charge in [-0.25, -0.2) is 4.79 Å². The van der Waals surface area contributed by atoms with Crippen molar-refractivity contribution in [1.82, 2.24) is 10.2 Å². The Morgan fingerprint density at radius 1 is 1.26 bits per heavy atom. The molecule has 5 unspecified atom stereocenters. The molecule has 2 N–H and O–H groups in total. The van der Waals surface area contributed by atoms with Crippen LogP contribution < -0.4 is 10.1 Å². The minimum Gasteiger partial charge on any atom is -0.504 e. The van der Waals surface area contributed by atoms with E-state index in [0.29, 0.717) is 24.4 Å². The highest BCUT2D eigenvalue weighted by Crippen LogP contribution is 2.66. The van der Waals surface area contributed by atoms with E-state index in [1.165, 1.54) is 24.2 Å². The second-order valence-electron chi connectivity index (χ2n) is 11.4. The molecule has 0 heterocycles. The van der Waals surface area contributed by atoms with Crippen LogP contribution in [0.5, 0.6) is 11.5 Å². The van der Waals surface area contributed by atoms with Gasteiger partial charge in [-0.05, 0) is 74.1 Å². The summed E-state index contributed by atoms with van der Waals surface area (Å²) in [6.07, 6.45) is 7.97. The van der Waals surface area contributed by atoms with Gasteiger partial charge in [0.15, 0.2) is 11.5 Å². The number of phenols is 1. The highest BCUT2D eigenvalue weighted by Gasteiger charge is 2.63. The number of aromatic hydroxyl groups is 1. The molecule has 2 saturated carbocycles. The van der Waals surface area contributed by atoms with E-state index in [9.17, 15) is 19.5 Å². The van der Waals surface area contributed by atoms with Crippen molar-refractivity contribution in [3.05, 3.63) is 42.5 Å². The molecule has 0 saturated heterocycles. The van der Waals surface area contributed by atoms with Crippen LogP contribution >= 0.6 is 0 Å². The van der Waals surface area contributed by atoms with Gasteiger partial charge < -0.3 is 24.8 Å². The molecule has 0 radical (unpaired) electrons. The molecule has 0 spiro atoms. The van der Waals surface area contributed by atoms with Crippen LogP contribution in [0.2, 0.25) is 0 Å². The van der Waals surface area contributed by atoms with Crippen molar-refractivity contribution in [3.8, 4) is 11.5 Å². The van der Waals surface area contributed by atoms with Gasteiger partial charge in [0.25, 0.3) is 0 Å². The summed E-state index contributed by atoms with van der Waals surface area (Å²) >= 11 is 0. The maximum Gasteiger partial charge on any atom is 0.329 e. The summed E-state index contributed by atoms with van der Waals surface area (Å²) < 4.78 is 11.2. The lowest BCUT2D eigenvalue weighted by atomic mass is 9.70. The summed E-state index contributed by atoms with van der Waals surface area (Å²) in [5, 5.41) is 12.5. The number of phenolic OH excluding ortho intramolecular Hbond substituents is 1. The average molecular weight is 541 g/mol. The molecule has 39 heavy (non-hydrogen) atoms. The Balaban J connectivity index is 1.70. The number of esters is 1. The van der Waals surface area contributed by atoms with Crippen LogP contribution in [-0.4, -0.2) is 59.6 Å². The van der Waals surface area contributed by atoms with Crippen molar-refractivity contribution in [1.29, 1.82) is 0 Å². The fraction of sp³-hybridized carbons (Fsp3) is 0.581. The second-order valence-corrected chi connectivity index (χ2v) is 11.4. The van der Waals surface area contributed by atoms with Gasteiger partial charge in [0.1, 0.15) is 18.2 Å². The van der Waals surface area contributed by atoms with Crippen molar-refractivity contribution in [2.45, 2.75) is 84.9 Å². The SMILES string of the molecule is C=CCC(NC(=O)/C=C/c1ccc(O)c(OC)c1)C(=O)N(CC)C(CC)C(=O)OC1CC2CCC1(C)C2(C)C. The highest BCUT2D eigenvalue weighted by atomic mass is 16.5. The normalized spacial score (nSPS) is 24.7. The number of hydrogen-bond acceptors (Lipinski definition) is 6. The number of carbonyl (C=O) groups excluding carboxylic acids is 3. The minimum absolute atomic E-state index is 0.00217. The number of rotatable bonds is 12. The molecule has 0 aliphatic heterocycles. The molecule has 214 valence electrons. The zero-order chi connectivity index (χ0) is 29.0. The summed E-state index contributed by atoms with van der Waals surface area (Å²) in [5.41, 5.74) is 0.686. The lowest BCUT2D eigenvalue weighted by Gasteiger charge is -2.39. The predicted molar refractivity (Wildman–Crippen MR) is 151 cm³/mol. The molecule has 2 aliphatic carbocycles. The number of benzene rings is 1. The first-order valence-electron chi connectivity index (χ1n) is 13.9. The Morgan fingerprint density at radius 3 is 2.51 bits per heavy atom. The zero-order valence-electron chi connectivity index (χ0n) is 24.2. The van der Waals surface area contributed by atoms with E-state index in [0.717, 1.165) is 19.3 Å². The first-order valence-corrected chi connectivity index (χ1v) is 13.9. The molecule has 8 nitrogen and oxygen atoms in total. The standard InChI is InChI=1S/C31H44N2O6/c1-8-11-22(32-27(35)15-13-20-12-14-24(34)25(18-20)38-7)28(36)33(10-3)23(9-2)29(37)39-26-19-21-16-17-31(26,6)30(21,4)5/h8,12-15,18,21-23,26,34H,1,9-11,16-17,19H2,2-7H3,(H,32,35)/b15-13+. The molecule has 0 aromatic heterocycles. The smallest absolute Gasteiger partial charge is 0.329 e. The number of methoxy groups -OCH3 is 1. The van der Waals surface area contributed by atoms with Gasteiger partial charge in [0, 0.05) is 18.0 Å². The Labute approximate surface area is 232 Å². The van der Waals surface area contributed by atoms with Gasteiger partial charge in [-0.15, -0.1) is 6.58 Å². The summed E-state index contributed by atoms with van der Waals surface area (Å²) in [5.74, 6) is -0.381. The Kier molecular flexibility index (Phi) is 9.51. The van der Waals surface area contributed by atoms with Crippen LogP contribution in [0.25, 0.3) is 6.08 Å². The van der Waals surface area contributed by atoms with E-state index in [-0.39, 0.29) is 46.7 Å². The Morgan fingerprint density at radius 2 is 1.97 bits per heavy atom. The highest BCUT2D eigenvalue weighted by molar-refractivity contribution is 5.96. The van der Waals surface area contributed by atoms with Crippen molar-refractivity contribution >= 4 is 23.9 Å². The number of amides is 2. The van der Waals surface area contributed by atoms with E-state index in [4.69, 9.17) is 9.47 Å². The van der Waals surface area contributed by atoms with E-state index in [2.05, 4.69) is 32.7 Å². The van der Waals surface area contributed by atoms with Crippen molar-refractivity contribution in [2.24, 2.45) is 16.7 Å². The van der Waals surface area contributed by atoms with Crippen LogP contribution in [0.3, 0.4) is 0 Å². The number of nitrogens with zero attached hydrogens (tertiary/aromatic N) is 1. The predicted octanol–water partition coefficient (Wildman–Crippen LogP) is 4.86. The van der Waals surface area contributed by atoms with Crippen LogP contribution in [0.4, 0.5) is 0 Å². The van der Waals surface area contributed by atoms with Gasteiger partial charge in [-0.1, -0.05) is 39.8 Å². The molecule has 5 atom stereocenters.